The molecule has 0 fully saturated rings. The molecule has 0 saturated carbocycles. The smallest absolute Gasteiger partial charge is 0.264 e. The zero-order valence-electron chi connectivity index (χ0n) is 15.2. The summed E-state index contributed by atoms with van der Waals surface area (Å²) in [7, 11) is -3.68. The van der Waals surface area contributed by atoms with E-state index < -0.39 is 15.9 Å². The maximum atomic E-state index is 12.7. The van der Waals surface area contributed by atoms with Gasteiger partial charge in [0.15, 0.2) is 0 Å². The van der Waals surface area contributed by atoms with E-state index in [9.17, 15) is 13.2 Å². The van der Waals surface area contributed by atoms with Gasteiger partial charge >= 0.3 is 6.03 Å². The summed E-state index contributed by atoms with van der Waals surface area (Å²) >= 11 is 0. The van der Waals surface area contributed by atoms with Gasteiger partial charge in [0, 0.05) is 24.2 Å². The average Bonchev–Trinajstić information content (AvgIpc) is 2.69. The van der Waals surface area contributed by atoms with Crippen LogP contribution < -0.4 is 5.32 Å². The number of hydrogen-bond acceptors (Lipinski definition) is 5. The minimum atomic E-state index is -3.68. The first-order valence-corrected chi connectivity index (χ1v) is 9.91. The molecule has 3 rings (SSSR count). The standard InChI is InChI=1S/C20H18N4O3S/c1-15-19(6-4-12-22-15)28(26,27)18-9-7-17(8-10-18)23-20(25)24(2)14-16-5-3-11-21-13-16/h3-13H,2,14H2,1H3/p+1. The second-order valence-electron chi connectivity index (χ2n) is 6.10. The maximum Gasteiger partial charge on any atom is 0.495 e. The predicted octanol–water partition coefficient (Wildman–Crippen LogP) is 3.06. The molecule has 3 aromatic rings. The Kier molecular flexibility index (Phi) is 5.60. The summed E-state index contributed by atoms with van der Waals surface area (Å²) in [6.45, 7) is 5.67. The molecule has 1 aromatic carbocycles. The van der Waals surface area contributed by atoms with E-state index in [0.29, 0.717) is 17.9 Å². The highest BCUT2D eigenvalue weighted by molar-refractivity contribution is 7.91. The normalized spacial score (nSPS) is 11.0. The molecule has 0 spiro atoms. The Labute approximate surface area is 163 Å². The molecule has 8 heteroatoms. The van der Waals surface area contributed by atoms with Crippen LogP contribution in [0.25, 0.3) is 0 Å². The number of pyridine rings is 2. The first-order chi connectivity index (χ1) is 13.4. The molecule has 2 heterocycles. The molecule has 0 aliphatic heterocycles. The average molecular weight is 395 g/mol. The van der Waals surface area contributed by atoms with Crippen LogP contribution in [0.3, 0.4) is 0 Å². The molecule has 0 atom stereocenters. The van der Waals surface area contributed by atoms with Gasteiger partial charge in [0.1, 0.15) is 12.2 Å². The number of hydrogen-bond donors (Lipinski definition) is 1. The van der Waals surface area contributed by atoms with Crippen molar-refractivity contribution in [1.82, 2.24) is 9.97 Å². The Morgan fingerprint density at radius 2 is 1.82 bits per heavy atom. The Hall–Kier alpha value is -3.39. The zero-order valence-corrected chi connectivity index (χ0v) is 16.1. The van der Waals surface area contributed by atoms with E-state index in [4.69, 9.17) is 0 Å². The summed E-state index contributed by atoms with van der Waals surface area (Å²) in [5.41, 5.74) is 1.75. The molecule has 0 radical (unpaired) electrons. The van der Waals surface area contributed by atoms with Crippen LogP contribution in [0.4, 0.5) is 10.5 Å². The van der Waals surface area contributed by atoms with Gasteiger partial charge < -0.3 is 0 Å². The van der Waals surface area contributed by atoms with Crippen molar-refractivity contribution in [3.8, 4) is 0 Å². The highest BCUT2D eigenvalue weighted by Crippen LogP contribution is 2.23. The molecule has 0 aliphatic rings. The van der Waals surface area contributed by atoms with Crippen LogP contribution in [0.1, 0.15) is 11.3 Å². The van der Waals surface area contributed by atoms with E-state index in [-0.39, 0.29) is 9.79 Å². The molecular weight excluding hydrogens is 376 g/mol. The lowest BCUT2D eigenvalue weighted by molar-refractivity contribution is -0.431. The van der Waals surface area contributed by atoms with Gasteiger partial charge in [-0.2, -0.15) is 4.79 Å². The van der Waals surface area contributed by atoms with Crippen LogP contribution in [0.2, 0.25) is 0 Å². The molecule has 0 aliphatic carbocycles. The number of nitrogens with zero attached hydrogens (tertiary/aromatic N) is 3. The van der Waals surface area contributed by atoms with Crippen LogP contribution >= 0.6 is 0 Å². The molecular formula is C20H19N4O3S+. The first kappa shape index (κ1) is 19.4. The Morgan fingerprint density at radius 1 is 1.11 bits per heavy atom. The minimum absolute atomic E-state index is 0.128. The third kappa shape index (κ3) is 4.29. The van der Waals surface area contributed by atoms with E-state index in [1.54, 1.807) is 37.6 Å². The van der Waals surface area contributed by atoms with Crippen LogP contribution in [0.15, 0.2) is 76.9 Å². The van der Waals surface area contributed by atoms with Crippen LogP contribution in [-0.2, 0) is 16.4 Å². The van der Waals surface area contributed by atoms with E-state index in [2.05, 4.69) is 22.0 Å². The van der Waals surface area contributed by atoms with Gasteiger partial charge in [0.05, 0.1) is 22.2 Å². The summed E-state index contributed by atoms with van der Waals surface area (Å²) in [4.78, 5) is 20.6. The van der Waals surface area contributed by atoms with Crippen LogP contribution in [-0.4, -0.2) is 35.7 Å². The molecule has 2 aromatic heterocycles. The van der Waals surface area contributed by atoms with Crippen LogP contribution in [0, 0.1) is 6.92 Å². The van der Waals surface area contributed by atoms with Crippen molar-refractivity contribution in [2.75, 3.05) is 5.32 Å². The maximum absolute atomic E-state index is 12.7. The predicted molar refractivity (Wildman–Crippen MR) is 105 cm³/mol. The van der Waals surface area contributed by atoms with Crippen molar-refractivity contribution in [3.63, 3.8) is 0 Å². The second kappa shape index (κ2) is 8.10. The largest absolute Gasteiger partial charge is 0.495 e. The van der Waals surface area contributed by atoms with Crippen molar-refractivity contribution < 1.29 is 17.8 Å². The summed E-state index contributed by atoms with van der Waals surface area (Å²) in [6, 6.07) is 12.3. The van der Waals surface area contributed by atoms with Gasteiger partial charge in [0.25, 0.3) is 0 Å². The third-order valence-corrected chi connectivity index (χ3v) is 5.95. The van der Waals surface area contributed by atoms with Crippen molar-refractivity contribution >= 4 is 28.3 Å². The fraction of sp³-hybridized carbons (Fsp3) is 0.100. The van der Waals surface area contributed by atoms with Gasteiger partial charge in [-0.25, -0.2) is 18.3 Å². The van der Waals surface area contributed by atoms with Crippen LogP contribution in [0.5, 0.6) is 0 Å². The molecule has 142 valence electrons. The molecule has 0 bridgehead atoms. The number of sulfone groups is 1. The van der Waals surface area contributed by atoms with E-state index >= 15 is 0 Å². The number of aryl methyl sites for hydroxylation is 1. The monoisotopic (exact) mass is 395 g/mol. The quantitative estimate of drug-likeness (QED) is 0.529. The topological polar surface area (TPSA) is 92.0 Å². The fourth-order valence-electron chi connectivity index (χ4n) is 2.58. The van der Waals surface area contributed by atoms with Crippen molar-refractivity contribution in [3.05, 3.63) is 78.4 Å². The van der Waals surface area contributed by atoms with Gasteiger partial charge in [-0.1, -0.05) is 6.07 Å². The Balaban J connectivity index is 1.71. The lowest BCUT2D eigenvalue weighted by Crippen LogP contribution is -2.24. The van der Waals surface area contributed by atoms with Crippen molar-refractivity contribution in [2.45, 2.75) is 23.3 Å². The van der Waals surface area contributed by atoms with Crippen molar-refractivity contribution in [2.24, 2.45) is 0 Å². The highest BCUT2D eigenvalue weighted by Gasteiger charge is 2.21. The van der Waals surface area contributed by atoms with E-state index in [1.807, 2.05) is 6.07 Å². The molecule has 0 saturated heterocycles. The SMILES string of the molecule is C=[N+](Cc1cccnc1)C(=O)Nc1ccc(S(=O)(=O)c2cccnc2C)cc1. The number of rotatable bonds is 5. The number of carbonyl (C=O) groups excluding carboxylic acids is 1. The first-order valence-electron chi connectivity index (χ1n) is 8.42. The molecule has 28 heavy (non-hydrogen) atoms. The molecule has 2 amide bonds. The number of amides is 2. The zero-order chi connectivity index (χ0) is 20.1. The fourth-order valence-corrected chi connectivity index (χ4v) is 4.03. The van der Waals surface area contributed by atoms with Gasteiger partial charge in [0.2, 0.25) is 9.84 Å². The minimum Gasteiger partial charge on any atom is -0.264 e. The number of carbonyl (C=O) groups is 1. The summed E-state index contributed by atoms with van der Waals surface area (Å²) in [6.07, 6.45) is 4.86. The lowest BCUT2D eigenvalue weighted by atomic mass is 10.3. The number of benzene rings is 1. The lowest BCUT2D eigenvalue weighted by Gasteiger charge is -2.07. The van der Waals surface area contributed by atoms with Gasteiger partial charge in [-0.3, -0.25) is 9.97 Å². The summed E-state index contributed by atoms with van der Waals surface area (Å²) in [5.74, 6) is 0. The van der Waals surface area contributed by atoms with Crippen molar-refractivity contribution in [1.29, 1.82) is 0 Å². The summed E-state index contributed by atoms with van der Waals surface area (Å²) < 4.78 is 26.8. The molecule has 1 N–H and O–H groups in total. The molecule has 0 unspecified atom stereocenters. The highest BCUT2D eigenvalue weighted by atomic mass is 32.2. The second-order valence-corrected chi connectivity index (χ2v) is 8.02. The van der Waals surface area contributed by atoms with Gasteiger partial charge in [-0.15, -0.1) is 0 Å². The molecule has 7 nitrogen and oxygen atoms in total. The third-order valence-electron chi connectivity index (χ3n) is 4.05. The number of urea groups is 1. The summed E-state index contributed by atoms with van der Waals surface area (Å²) in [5, 5.41) is 2.69. The Bertz CT molecular complexity index is 1110. The number of anilines is 1. The van der Waals surface area contributed by atoms with E-state index in [1.165, 1.54) is 34.9 Å². The van der Waals surface area contributed by atoms with Gasteiger partial charge in [-0.05, 0) is 49.4 Å². The Morgan fingerprint density at radius 3 is 2.46 bits per heavy atom. The number of nitrogens with one attached hydrogen (secondary N) is 1. The number of aromatic nitrogens is 2. The van der Waals surface area contributed by atoms with E-state index in [0.717, 1.165) is 5.56 Å².